The van der Waals surface area contributed by atoms with E-state index < -0.39 is 209 Å². The number of primary amides is 1. The van der Waals surface area contributed by atoms with Crippen LogP contribution in [0.1, 0.15) is 260 Å². The highest BCUT2D eigenvalue weighted by atomic mass is 16.4. The molecule has 0 radical (unpaired) electrons. The number of carbonyl (C=O) groups is 16. The number of nitrogens with one attached hydrogen (secondary N) is 20. The van der Waals surface area contributed by atoms with Crippen LogP contribution in [-0.2, 0) is 89.6 Å². The second-order valence-corrected chi connectivity index (χ2v) is 36.9. The number of nitrogens with zero attached hydrogens (tertiary/aromatic N) is 1. The van der Waals surface area contributed by atoms with E-state index in [1.165, 1.54) is 72.6 Å². The molecule has 46 nitrogen and oxygen atoms in total. The lowest BCUT2D eigenvalue weighted by atomic mass is 10.0. The Bertz CT molecular complexity index is 4570. The minimum Gasteiger partial charge on any atom is -0.481 e. The molecule has 15 amide bonds. The summed E-state index contributed by atoms with van der Waals surface area (Å²) in [7, 11) is 0. The molecule has 0 saturated carbocycles. The number of carbonyl (C=O) groups excluding carboxylic acids is 15. The molecule has 46 heteroatoms. The highest BCUT2D eigenvalue weighted by molar-refractivity contribution is 6.41. The minimum atomic E-state index is -2.00. The number of benzene rings is 2. The standard InChI is InChI=1S/C96H161N27O19/c1-10-11-12-13-14-15-16-17-18-19-20-21-25-44-76(126)122-78(60(8)124)92(141)116-70(43-34-49-108-96(104)105)86(135)119-74(53-63-55-109-65-38-27-26-37-64(63)65)91(140)123-79(61(9)125)93(142)121-71(50-56(2)3)87(136)111-59(7)82(131)117-72(51-57(4)5)88(137)120-75(54-77(127)128)90(139)118-73(52-62-35-23-22-24-36-62)89(138)115-68(40-29-31-46-98)84(133)114-69(42-33-48-107-95(102)103)85(134)113-67(39-28-30-45-97)83(132)110-58(6)81(130)112-66(80(99)129)41-32-47-106-94(100)101/h22-24,26-27,35-38,55-61,66-68,70-75,78-79,109,124-125H,10-21,25,28-34,39-54,97-98H2,1-9H3,(H2,99,129)(H,110,132)(H,111,136)(H,112,130)(H,113,134)(H,115,138)(H,116,141)(H,117,131)(H,118,139)(H,119,135)(H,120,137)(H,121,142)(H,122,126)(H,123,140)(H,127,128)(H4,100,101,106)(H4,102,103,107)(H4,104,105,108). The molecule has 0 aliphatic heterocycles. The van der Waals surface area contributed by atoms with Gasteiger partial charge in [0.15, 0.2) is 17.9 Å². The molecule has 794 valence electrons. The predicted octanol–water partition coefficient (Wildman–Crippen LogP) is -0.394. The van der Waals surface area contributed by atoms with E-state index in [9.17, 15) is 92.0 Å². The van der Waals surface area contributed by atoms with Gasteiger partial charge in [0.1, 0.15) is 84.3 Å². The predicted molar refractivity (Wildman–Crippen MR) is 538 cm³/mol. The van der Waals surface area contributed by atoms with Crippen molar-refractivity contribution in [3.63, 3.8) is 0 Å². The first-order valence-electron chi connectivity index (χ1n) is 49.6. The van der Waals surface area contributed by atoms with Crippen molar-refractivity contribution < 1.29 is 92.0 Å². The number of fused-ring (bicyclic) bond motifs is 1. The van der Waals surface area contributed by atoms with Crippen LogP contribution in [0, 0.1) is 28.1 Å². The lowest BCUT2D eigenvalue weighted by Crippen LogP contribution is -2.62. The number of carboxylic acid groups (broad SMARTS) is 1. The monoisotopic (exact) mass is 2000 g/mol. The van der Waals surface area contributed by atoms with Gasteiger partial charge < -0.3 is 140 Å². The number of aliphatic hydroxyl groups is 2. The number of guanidine groups is 3. The summed E-state index contributed by atoms with van der Waals surface area (Å²) in [6, 6.07) is -5.09. The summed E-state index contributed by atoms with van der Waals surface area (Å²) in [5.74, 6) is -18.1. The SMILES string of the molecule is CCCCCCCCCCCCCCCC(=O)NC(C(=O)NC(CCCNC(=N)N)C(=O)NC(Cc1c[nH]c2ccccc12)C(=O)NC(C(=O)NC(CC(C)C)C(=O)NC(C)C(=O)NC(CC(C)C)C(=O)NC(CC(=O)O)C(=O)NC(Cc1ccccc1)C(=O)NC(CCCCN)C(=O)N=C(CCCNC(=N)N)C(=O)NC(CCCCN)C(=O)NC(C)C(=O)NC(CCCNC(=N)N)C(N)=O)C(C)O)C(C)O. The van der Waals surface area contributed by atoms with Crippen LogP contribution in [0.5, 0.6) is 0 Å². The number of aromatic nitrogens is 1. The van der Waals surface area contributed by atoms with Gasteiger partial charge in [0.2, 0.25) is 76.8 Å². The van der Waals surface area contributed by atoms with Gasteiger partial charge in [-0.15, -0.1) is 0 Å². The molecule has 3 aromatic rings. The molecule has 142 heavy (non-hydrogen) atoms. The summed E-state index contributed by atoms with van der Waals surface area (Å²) in [4.78, 5) is 234. The number of H-pyrrole nitrogens is 1. The van der Waals surface area contributed by atoms with Crippen LogP contribution in [0.2, 0.25) is 0 Å². The van der Waals surface area contributed by atoms with E-state index in [2.05, 4.69) is 102 Å². The number of aliphatic hydroxyl groups excluding tert-OH is 2. The number of carboxylic acids is 1. The van der Waals surface area contributed by atoms with Gasteiger partial charge in [-0.1, -0.05) is 160 Å². The Balaban J connectivity index is 1.96. The largest absolute Gasteiger partial charge is 0.481 e. The van der Waals surface area contributed by atoms with Crippen LogP contribution in [0.3, 0.4) is 0 Å². The summed E-state index contributed by atoms with van der Waals surface area (Å²) >= 11 is 0. The summed E-state index contributed by atoms with van der Waals surface area (Å²) in [6.45, 7) is 14.5. The van der Waals surface area contributed by atoms with Crippen molar-refractivity contribution in [3.8, 4) is 0 Å². The van der Waals surface area contributed by atoms with Crippen molar-refractivity contribution in [2.45, 2.75) is 352 Å². The summed E-state index contributed by atoms with van der Waals surface area (Å²) in [5, 5.41) is 97.1. The molecule has 0 saturated heterocycles. The Morgan fingerprint density at radius 1 is 0.380 bits per heavy atom. The molecule has 1 heterocycles. The fourth-order valence-corrected chi connectivity index (χ4v) is 15.4. The molecule has 0 aliphatic carbocycles. The van der Waals surface area contributed by atoms with Gasteiger partial charge in [-0.2, -0.15) is 0 Å². The average molecular weight is 2000 g/mol. The van der Waals surface area contributed by atoms with E-state index >= 15 is 0 Å². The zero-order valence-corrected chi connectivity index (χ0v) is 83.8. The summed E-state index contributed by atoms with van der Waals surface area (Å²) in [5.41, 5.74) is 34.8. The topological polar surface area (TPSA) is 782 Å². The molecule has 35 N–H and O–H groups in total. The van der Waals surface area contributed by atoms with Crippen molar-refractivity contribution in [3.05, 3.63) is 71.9 Å². The number of aromatic amines is 1. The lowest BCUT2D eigenvalue weighted by molar-refractivity contribution is -0.141. The molecule has 0 spiro atoms. The van der Waals surface area contributed by atoms with Gasteiger partial charge in [-0.3, -0.25) is 92.9 Å². The van der Waals surface area contributed by atoms with Crippen LogP contribution >= 0.6 is 0 Å². The number of aliphatic carboxylic acids is 1. The molecular formula is C96H161N27O19. The summed E-state index contributed by atoms with van der Waals surface area (Å²) < 4.78 is 0. The van der Waals surface area contributed by atoms with E-state index in [4.69, 9.17) is 50.6 Å². The number of hydrogen-bond donors (Lipinski definition) is 29. The maximum atomic E-state index is 15.0. The van der Waals surface area contributed by atoms with Gasteiger partial charge in [0.25, 0.3) is 11.8 Å². The van der Waals surface area contributed by atoms with E-state index in [1.54, 1.807) is 88.5 Å². The molecule has 0 aliphatic rings. The number of rotatable bonds is 73. The number of hydrogen-bond acceptors (Lipinski definition) is 23. The zero-order chi connectivity index (χ0) is 106. The van der Waals surface area contributed by atoms with E-state index in [0.29, 0.717) is 41.3 Å². The number of amides is 15. The average Bonchev–Trinajstić information content (AvgIpc) is 1.67. The van der Waals surface area contributed by atoms with Crippen LogP contribution in [0.25, 0.3) is 10.9 Å². The van der Waals surface area contributed by atoms with Crippen LogP contribution < -0.4 is 119 Å². The number of unbranched alkanes of at least 4 members (excludes halogenated alkanes) is 14. The third-order valence-corrected chi connectivity index (χ3v) is 23.3. The lowest BCUT2D eigenvalue weighted by Gasteiger charge is -2.29. The van der Waals surface area contributed by atoms with Gasteiger partial charge in [0.05, 0.1) is 18.6 Å². The van der Waals surface area contributed by atoms with Crippen molar-refractivity contribution in [2.24, 2.45) is 51.2 Å². The highest BCUT2D eigenvalue weighted by Gasteiger charge is 2.40. The van der Waals surface area contributed by atoms with Gasteiger partial charge in [0, 0.05) is 56.0 Å². The van der Waals surface area contributed by atoms with Crippen molar-refractivity contribution >= 4 is 129 Å². The smallest absolute Gasteiger partial charge is 0.305 e. The number of para-hydroxylation sites is 1. The van der Waals surface area contributed by atoms with E-state index in [0.717, 1.165) is 32.1 Å². The molecule has 0 bridgehead atoms. The van der Waals surface area contributed by atoms with Gasteiger partial charge in [-0.25, -0.2) is 4.99 Å². The Labute approximate surface area is 831 Å². The second-order valence-electron chi connectivity index (χ2n) is 36.9. The Morgan fingerprint density at radius 2 is 0.768 bits per heavy atom. The quantitative estimate of drug-likeness (QED) is 0.0194. The fourth-order valence-electron chi connectivity index (χ4n) is 15.4. The minimum absolute atomic E-state index is 0.00542. The molecule has 1 aromatic heterocycles. The molecule has 3 rings (SSSR count). The Morgan fingerprint density at radius 3 is 1.27 bits per heavy atom. The first-order chi connectivity index (χ1) is 67.4. The second kappa shape index (κ2) is 68.2. The summed E-state index contributed by atoms with van der Waals surface area (Å²) in [6.07, 6.45) is 11.6. The van der Waals surface area contributed by atoms with Crippen LogP contribution in [0.15, 0.2) is 65.8 Å². The molecule has 0 fully saturated rings. The first-order valence-corrected chi connectivity index (χ1v) is 49.6. The van der Waals surface area contributed by atoms with Crippen LogP contribution in [0.4, 0.5) is 0 Å². The van der Waals surface area contributed by atoms with Crippen molar-refractivity contribution in [2.75, 3.05) is 32.7 Å². The molecule has 2 aromatic carbocycles. The maximum absolute atomic E-state index is 15.0. The van der Waals surface area contributed by atoms with Gasteiger partial charge in [-0.05, 0) is 166 Å². The fraction of sp³-hybridized carbons (Fsp3) is 0.646. The van der Waals surface area contributed by atoms with Crippen molar-refractivity contribution in [1.82, 2.24) is 90.1 Å². The Kier molecular flexibility index (Phi) is 59.2. The maximum Gasteiger partial charge on any atom is 0.305 e. The highest BCUT2D eigenvalue weighted by Crippen LogP contribution is 2.22. The van der Waals surface area contributed by atoms with Gasteiger partial charge >= 0.3 is 5.97 Å². The van der Waals surface area contributed by atoms with E-state index in [1.807, 2.05) is 0 Å². The van der Waals surface area contributed by atoms with E-state index in [-0.39, 0.29) is 147 Å². The normalized spacial score (nSPS) is 14.5. The Hall–Kier alpha value is -13.0. The van der Waals surface area contributed by atoms with Crippen molar-refractivity contribution in [1.29, 1.82) is 16.2 Å². The third kappa shape index (κ3) is 49.9. The number of nitrogens with two attached hydrogens (primary N) is 6. The number of aliphatic imine (C=N–C) groups is 1. The molecular weight excluding hydrogens is 1840 g/mol. The van der Waals surface area contributed by atoms with Crippen LogP contribution in [-0.4, -0.2) is 262 Å². The third-order valence-electron chi connectivity index (χ3n) is 23.3. The zero-order valence-electron chi connectivity index (χ0n) is 83.8. The first kappa shape index (κ1) is 123. The molecule has 15 unspecified atom stereocenters. The molecule has 15 atom stereocenters.